The number of fused-ring (bicyclic) bond motifs is 1. The van der Waals surface area contributed by atoms with Crippen molar-refractivity contribution in [1.29, 1.82) is 0 Å². The molecule has 1 saturated heterocycles. The smallest absolute Gasteiger partial charge is 0.272 e. The van der Waals surface area contributed by atoms with Crippen LogP contribution in [0.4, 0.5) is 0 Å². The van der Waals surface area contributed by atoms with Crippen LogP contribution in [0.1, 0.15) is 45.1 Å². The summed E-state index contributed by atoms with van der Waals surface area (Å²) in [4.78, 5) is 65.2. The minimum absolute atomic E-state index is 0.124. The second kappa shape index (κ2) is 11.6. The van der Waals surface area contributed by atoms with Gasteiger partial charge in [-0.1, -0.05) is 18.2 Å². The Balaban J connectivity index is 1.38. The van der Waals surface area contributed by atoms with E-state index in [1.54, 1.807) is 26.2 Å². The second-order valence-corrected chi connectivity index (χ2v) is 10.1. The molecule has 212 valence electrons. The molecule has 0 saturated carbocycles. The third kappa shape index (κ3) is 5.93. The Kier molecular flexibility index (Phi) is 7.77. The molecule has 4 amide bonds. The number of aromatic nitrogens is 5. The highest BCUT2D eigenvalue weighted by Crippen LogP contribution is 2.23. The molecule has 0 bridgehead atoms. The monoisotopic (exact) mass is 557 g/mol. The molecule has 5 rings (SSSR count). The number of carbonyl (C=O) groups is 4. The van der Waals surface area contributed by atoms with E-state index in [0.29, 0.717) is 17.8 Å². The third-order valence-electron chi connectivity index (χ3n) is 7.28. The zero-order valence-electron chi connectivity index (χ0n) is 22.7. The molecule has 3 unspecified atom stereocenters. The first-order valence-electron chi connectivity index (χ1n) is 13.2. The molecule has 1 aliphatic heterocycles. The van der Waals surface area contributed by atoms with Gasteiger partial charge in [-0.25, -0.2) is 4.98 Å². The molecule has 41 heavy (non-hydrogen) atoms. The number of nitrogens with zero attached hydrogens (tertiary/aromatic N) is 5. The van der Waals surface area contributed by atoms with Gasteiger partial charge < -0.3 is 26.3 Å². The van der Waals surface area contributed by atoms with Crippen LogP contribution < -0.4 is 16.4 Å². The van der Waals surface area contributed by atoms with Crippen molar-refractivity contribution in [3.8, 4) is 0 Å². The van der Waals surface area contributed by atoms with E-state index in [-0.39, 0.29) is 31.0 Å². The summed E-state index contributed by atoms with van der Waals surface area (Å²) in [5.74, 6) is -2.05. The van der Waals surface area contributed by atoms with Gasteiger partial charge in [-0.15, -0.1) is 0 Å². The first-order valence-corrected chi connectivity index (χ1v) is 13.2. The van der Waals surface area contributed by atoms with E-state index in [1.807, 2.05) is 24.3 Å². The number of nitrogens with one attached hydrogen (secondary N) is 3. The molecule has 0 aliphatic carbocycles. The molecule has 3 aromatic heterocycles. The molecule has 1 aromatic carbocycles. The highest BCUT2D eigenvalue weighted by atomic mass is 16.2. The number of hydrogen-bond donors (Lipinski definition) is 4. The number of carbonyl (C=O) groups excluding carboxylic acids is 4. The van der Waals surface area contributed by atoms with Crippen molar-refractivity contribution in [2.75, 3.05) is 6.54 Å². The van der Waals surface area contributed by atoms with Crippen molar-refractivity contribution in [1.82, 2.24) is 40.3 Å². The number of para-hydroxylation sites is 1. The molecule has 13 nitrogen and oxygen atoms in total. The van der Waals surface area contributed by atoms with E-state index < -0.39 is 35.8 Å². The fraction of sp³-hybridized carbons (Fsp3) is 0.321. The summed E-state index contributed by atoms with van der Waals surface area (Å²) in [6, 6.07) is 6.84. The first kappa shape index (κ1) is 27.5. The number of piperidine rings is 1. The topological polar surface area (TPSA) is 181 Å². The minimum Gasteiger partial charge on any atom is -0.368 e. The quantitative estimate of drug-likeness (QED) is 0.245. The van der Waals surface area contributed by atoms with Gasteiger partial charge in [0.25, 0.3) is 11.8 Å². The summed E-state index contributed by atoms with van der Waals surface area (Å²) in [6.45, 7) is 1.97. The van der Waals surface area contributed by atoms with Gasteiger partial charge in [0.05, 0.1) is 11.9 Å². The van der Waals surface area contributed by atoms with Crippen molar-refractivity contribution >= 4 is 34.5 Å². The largest absolute Gasteiger partial charge is 0.368 e. The van der Waals surface area contributed by atoms with E-state index in [2.05, 4.69) is 30.7 Å². The van der Waals surface area contributed by atoms with Crippen LogP contribution in [0, 0.1) is 6.92 Å². The molecule has 13 heteroatoms. The normalized spacial score (nSPS) is 17.7. The summed E-state index contributed by atoms with van der Waals surface area (Å²) in [5, 5.41) is 10.8. The van der Waals surface area contributed by atoms with E-state index in [1.165, 1.54) is 28.2 Å². The van der Waals surface area contributed by atoms with Crippen LogP contribution in [0.5, 0.6) is 0 Å². The third-order valence-corrected chi connectivity index (χ3v) is 7.28. The predicted octanol–water partition coefficient (Wildman–Crippen LogP) is 0.616. The van der Waals surface area contributed by atoms with E-state index in [4.69, 9.17) is 5.73 Å². The number of likely N-dealkylation sites (tertiary alicyclic amines) is 1. The van der Waals surface area contributed by atoms with E-state index in [0.717, 1.165) is 16.5 Å². The Morgan fingerprint density at radius 2 is 2.00 bits per heavy atom. The standard InChI is InChI=1S/C28H31N9O4/c1-16-11-24(36(2)35-16)28(41)37-10-7-18(33-26(39)22-15-30-8-9-31-22)13-23(37)27(40)34-21(25(29)38)12-17-14-32-20-6-4-3-5-19(17)20/h3-6,8-9,11,14-15,18,21,23,32H,7,10,12-13H2,1-2H3,(H2,29,38)(H,33,39)(H,34,40). The van der Waals surface area contributed by atoms with Gasteiger partial charge in [-0.05, 0) is 37.5 Å². The maximum atomic E-state index is 13.8. The molecule has 1 fully saturated rings. The zero-order chi connectivity index (χ0) is 29.1. The Bertz CT molecular complexity index is 1600. The zero-order valence-corrected chi connectivity index (χ0v) is 22.7. The fourth-order valence-corrected chi connectivity index (χ4v) is 5.23. The summed E-state index contributed by atoms with van der Waals surface area (Å²) in [7, 11) is 1.66. The van der Waals surface area contributed by atoms with Gasteiger partial charge in [0.1, 0.15) is 23.5 Å². The van der Waals surface area contributed by atoms with Gasteiger partial charge in [0.2, 0.25) is 11.8 Å². The maximum absolute atomic E-state index is 13.8. The van der Waals surface area contributed by atoms with Crippen LogP contribution in [0.25, 0.3) is 10.9 Å². The predicted molar refractivity (Wildman–Crippen MR) is 148 cm³/mol. The number of primary amides is 1. The molecule has 0 radical (unpaired) electrons. The molecule has 1 aliphatic rings. The van der Waals surface area contributed by atoms with Crippen LogP contribution in [-0.2, 0) is 23.1 Å². The minimum atomic E-state index is -1.02. The van der Waals surface area contributed by atoms with Crippen LogP contribution in [-0.4, -0.2) is 77.9 Å². The number of nitrogens with two attached hydrogens (primary N) is 1. The molecule has 0 spiro atoms. The molecular weight excluding hydrogens is 526 g/mol. The number of benzene rings is 1. The van der Waals surface area contributed by atoms with Crippen LogP contribution in [0.15, 0.2) is 55.1 Å². The molecule has 4 heterocycles. The van der Waals surface area contributed by atoms with Crippen LogP contribution in [0.3, 0.4) is 0 Å². The van der Waals surface area contributed by atoms with Crippen LogP contribution >= 0.6 is 0 Å². The molecule has 4 aromatic rings. The van der Waals surface area contributed by atoms with Gasteiger partial charge in [0, 0.05) is 55.5 Å². The fourth-order valence-electron chi connectivity index (χ4n) is 5.23. The lowest BCUT2D eigenvalue weighted by atomic mass is 9.95. The second-order valence-electron chi connectivity index (χ2n) is 10.1. The average molecular weight is 558 g/mol. The van der Waals surface area contributed by atoms with E-state index >= 15 is 0 Å². The van der Waals surface area contributed by atoms with Gasteiger partial charge in [0.15, 0.2) is 0 Å². The lowest BCUT2D eigenvalue weighted by molar-refractivity contribution is -0.131. The summed E-state index contributed by atoms with van der Waals surface area (Å²) < 4.78 is 1.47. The highest BCUT2D eigenvalue weighted by molar-refractivity contribution is 5.98. The number of hydrogen-bond acceptors (Lipinski definition) is 7. The number of rotatable bonds is 8. The van der Waals surface area contributed by atoms with Crippen molar-refractivity contribution in [3.05, 3.63) is 77.8 Å². The van der Waals surface area contributed by atoms with Gasteiger partial charge in [-0.2, -0.15) is 5.10 Å². The van der Waals surface area contributed by atoms with Crippen molar-refractivity contribution < 1.29 is 19.2 Å². The summed E-state index contributed by atoms with van der Waals surface area (Å²) in [5.41, 5.74) is 8.57. The van der Waals surface area contributed by atoms with Crippen molar-refractivity contribution in [2.24, 2.45) is 12.8 Å². The summed E-state index contributed by atoms with van der Waals surface area (Å²) in [6.07, 6.45) is 6.72. The summed E-state index contributed by atoms with van der Waals surface area (Å²) >= 11 is 0. The van der Waals surface area contributed by atoms with Gasteiger partial charge in [-0.3, -0.25) is 28.8 Å². The van der Waals surface area contributed by atoms with Crippen molar-refractivity contribution in [2.45, 2.75) is 44.3 Å². The highest BCUT2D eigenvalue weighted by Gasteiger charge is 2.39. The van der Waals surface area contributed by atoms with Crippen LogP contribution in [0.2, 0.25) is 0 Å². The Morgan fingerprint density at radius 1 is 1.20 bits per heavy atom. The molecule has 3 atom stereocenters. The average Bonchev–Trinajstić information content (AvgIpc) is 3.54. The maximum Gasteiger partial charge on any atom is 0.272 e. The lowest BCUT2D eigenvalue weighted by Gasteiger charge is -2.39. The number of H-pyrrole nitrogens is 1. The number of aromatic amines is 1. The number of amides is 4. The Labute approximate surface area is 235 Å². The first-order chi connectivity index (χ1) is 19.7. The van der Waals surface area contributed by atoms with Gasteiger partial charge >= 0.3 is 0 Å². The Morgan fingerprint density at radius 3 is 2.71 bits per heavy atom. The lowest BCUT2D eigenvalue weighted by Crippen LogP contribution is -2.60. The van der Waals surface area contributed by atoms with Crippen molar-refractivity contribution in [3.63, 3.8) is 0 Å². The van der Waals surface area contributed by atoms with E-state index in [9.17, 15) is 19.2 Å². The Hall–Kier alpha value is -5.07. The molecule has 5 N–H and O–H groups in total. The molecular formula is C28H31N9O4. The number of aryl methyl sites for hydroxylation is 2. The SMILES string of the molecule is Cc1cc(C(=O)N2CCC(NC(=O)c3cnccn3)CC2C(=O)NC(Cc2c[nH]c3ccccc23)C(N)=O)n(C)n1.